The van der Waals surface area contributed by atoms with Crippen molar-refractivity contribution in [3.05, 3.63) is 23.8 Å². The van der Waals surface area contributed by atoms with Crippen molar-refractivity contribution in [2.45, 2.75) is 13.3 Å². The Hall–Kier alpha value is -0.600. The third-order valence-corrected chi connectivity index (χ3v) is 1.61. The SMILES string of the molecule is CC1=CC(CON)C=CC1. The van der Waals surface area contributed by atoms with Gasteiger partial charge in [-0.05, 0) is 13.3 Å². The van der Waals surface area contributed by atoms with Gasteiger partial charge in [0.15, 0.2) is 0 Å². The molecule has 0 aliphatic heterocycles. The maximum absolute atomic E-state index is 4.94. The summed E-state index contributed by atoms with van der Waals surface area (Å²) < 4.78 is 0. The van der Waals surface area contributed by atoms with Gasteiger partial charge in [0.25, 0.3) is 0 Å². The van der Waals surface area contributed by atoms with E-state index in [-0.39, 0.29) is 0 Å². The largest absolute Gasteiger partial charge is 0.304 e. The highest BCUT2D eigenvalue weighted by atomic mass is 16.6. The highest BCUT2D eigenvalue weighted by molar-refractivity contribution is 5.16. The van der Waals surface area contributed by atoms with Gasteiger partial charge in [-0.1, -0.05) is 23.8 Å². The van der Waals surface area contributed by atoms with Crippen molar-refractivity contribution in [2.75, 3.05) is 6.61 Å². The number of rotatable bonds is 2. The van der Waals surface area contributed by atoms with Gasteiger partial charge in [0.1, 0.15) is 0 Å². The second-order valence-corrected chi connectivity index (χ2v) is 2.64. The number of hydrogen-bond donors (Lipinski definition) is 1. The van der Waals surface area contributed by atoms with Crippen molar-refractivity contribution in [3.63, 3.8) is 0 Å². The molecule has 56 valence electrons. The van der Waals surface area contributed by atoms with Crippen molar-refractivity contribution >= 4 is 0 Å². The summed E-state index contributed by atoms with van der Waals surface area (Å²) in [6, 6.07) is 0. The molecule has 0 bridgehead atoms. The Morgan fingerprint density at radius 1 is 1.80 bits per heavy atom. The standard InChI is InChI=1S/C8H13NO/c1-7-3-2-4-8(5-7)6-10-9/h2,4-5,8H,3,6,9H2,1H3. The van der Waals surface area contributed by atoms with Crippen LogP contribution in [-0.4, -0.2) is 6.61 Å². The molecule has 0 amide bonds. The molecule has 2 nitrogen and oxygen atoms in total. The van der Waals surface area contributed by atoms with Gasteiger partial charge in [-0.3, -0.25) is 0 Å². The van der Waals surface area contributed by atoms with E-state index in [2.05, 4.69) is 30.0 Å². The summed E-state index contributed by atoms with van der Waals surface area (Å²) in [5, 5.41) is 0. The molecule has 1 rings (SSSR count). The molecule has 1 aliphatic rings. The summed E-state index contributed by atoms with van der Waals surface area (Å²) in [5.74, 6) is 5.33. The fourth-order valence-electron chi connectivity index (χ4n) is 1.13. The van der Waals surface area contributed by atoms with E-state index in [9.17, 15) is 0 Å². The van der Waals surface area contributed by atoms with Crippen LogP contribution in [0, 0.1) is 5.92 Å². The van der Waals surface area contributed by atoms with Crippen LogP contribution in [0.2, 0.25) is 0 Å². The van der Waals surface area contributed by atoms with Gasteiger partial charge in [-0.2, -0.15) is 0 Å². The van der Waals surface area contributed by atoms with Crippen LogP contribution in [0.25, 0.3) is 0 Å². The summed E-state index contributed by atoms with van der Waals surface area (Å²) in [6.07, 6.45) is 7.53. The second kappa shape index (κ2) is 3.54. The van der Waals surface area contributed by atoms with E-state index in [0.717, 1.165) is 6.42 Å². The van der Waals surface area contributed by atoms with E-state index in [1.807, 2.05) is 0 Å². The number of hydrogen-bond acceptors (Lipinski definition) is 2. The average molecular weight is 139 g/mol. The van der Waals surface area contributed by atoms with E-state index in [0.29, 0.717) is 12.5 Å². The first kappa shape index (κ1) is 7.51. The predicted octanol–water partition coefficient (Wildman–Crippen LogP) is 1.40. The lowest BCUT2D eigenvalue weighted by atomic mass is 9.99. The minimum Gasteiger partial charge on any atom is -0.304 e. The summed E-state index contributed by atoms with van der Waals surface area (Å²) in [7, 11) is 0. The van der Waals surface area contributed by atoms with Crippen LogP contribution in [0.4, 0.5) is 0 Å². The summed E-state index contributed by atoms with van der Waals surface area (Å²) in [6.45, 7) is 2.71. The Labute approximate surface area is 61.3 Å². The molecule has 0 fully saturated rings. The third kappa shape index (κ3) is 1.97. The second-order valence-electron chi connectivity index (χ2n) is 2.64. The fraction of sp³-hybridized carbons (Fsp3) is 0.500. The van der Waals surface area contributed by atoms with Crippen LogP contribution in [0.15, 0.2) is 23.8 Å². The summed E-state index contributed by atoms with van der Waals surface area (Å²) >= 11 is 0. The molecular weight excluding hydrogens is 126 g/mol. The van der Waals surface area contributed by atoms with Crippen LogP contribution < -0.4 is 5.90 Å². The molecule has 10 heavy (non-hydrogen) atoms. The molecule has 2 heteroatoms. The molecular formula is C8H13NO. The number of allylic oxidation sites excluding steroid dienone is 2. The van der Waals surface area contributed by atoms with Crippen LogP contribution in [0.5, 0.6) is 0 Å². The molecule has 0 radical (unpaired) electrons. The smallest absolute Gasteiger partial charge is 0.0776 e. The van der Waals surface area contributed by atoms with Gasteiger partial charge < -0.3 is 4.84 Å². The molecule has 1 atom stereocenters. The van der Waals surface area contributed by atoms with Crippen LogP contribution in [-0.2, 0) is 4.84 Å². The first-order valence-corrected chi connectivity index (χ1v) is 3.48. The summed E-state index contributed by atoms with van der Waals surface area (Å²) in [4.78, 5) is 4.53. The van der Waals surface area contributed by atoms with Crippen LogP contribution in [0.1, 0.15) is 13.3 Å². The normalized spacial score (nSPS) is 24.6. The highest BCUT2D eigenvalue weighted by Crippen LogP contribution is 2.14. The molecule has 0 aromatic heterocycles. The van der Waals surface area contributed by atoms with Crippen molar-refractivity contribution < 1.29 is 4.84 Å². The number of nitrogens with two attached hydrogens (primary N) is 1. The Morgan fingerprint density at radius 3 is 3.20 bits per heavy atom. The molecule has 1 aliphatic carbocycles. The maximum atomic E-state index is 4.94. The minimum absolute atomic E-state index is 0.388. The van der Waals surface area contributed by atoms with E-state index < -0.39 is 0 Å². The lowest BCUT2D eigenvalue weighted by molar-refractivity contribution is 0.125. The lowest BCUT2D eigenvalue weighted by Gasteiger charge is -2.11. The molecule has 0 heterocycles. The Balaban J connectivity index is 2.44. The van der Waals surface area contributed by atoms with Gasteiger partial charge in [-0.25, -0.2) is 5.90 Å². The van der Waals surface area contributed by atoms with E-state index in [1.54, 1.807) is 0 Å². The molecule has 0 saturated carbocycles. The van der Waals surface area contributed by atoms with E-state index in [1.165, 1.54) is 5.57 Å². The molecule has 2 N–H and O–H groups in total. The summed E-state index contributed by atoms with van der Waals surface area (Å²) in [5.41, 5.74) is 1.39. The zero-order valence-corrected chi connectivity index (χ0v) is 6.21. The molecule has 0 spiro atoms. The highest BCUT2D eigenvalue weighted by Gasteiger charge is 2.04. The lowest BCUT2D eigenvalue weighted by Crippen LogP contribution is -2.10. The fourth-order valence-corrected chi connectivity index (χ4v) is 1.13. The van der Waals surface area contributed by atoms with Crippen molar-refractivity contribution in [1.29, 1.82) is 0 Å². The Morgan fingerprint density at radius 2 is 2.60 bits per heavy atom. The zero-order valence-electron chi connectivity index (χ0n) is 6.21. The Kier molecular flexibility index (Phi) is 2.66. The van der Waals surface area contributed by atoms with E-state index >= 15 is 0 Å². The van der Waals surface area contributed by atoms with Crippen molar-refractivity contribution in [1.82, 2.24) is 0 Å². The maximum Gasteiger partial charge on any atom is 0.0776 e. The topological polar surface area (TPSA) is 35.2 Å². The third-order valence-electron chi connectivity index (χ3n) is 1.61. The van der Waals surface area contributed by atoms with Crippen LogP contribution >= 0.6 is 0 Å². The Bertz CT molecular complexity index is 161. The molecule has 0 aromatic carbocycles. The van der Waals surface area contributed by atoms with Gasteiger partial charge in [0.05, 0.1) is 6.61 Å². The van der Waals surface area contributed by atoms with E-state index in [4.69, 9.17) is 5.90 Å². The molecule has 1 unspecified atom stereocenters. The van der Waals surface area contributed by atoms with Crippen molar-refractivity contribution in [2.24, 2.45) is 11.8 Å². The molecule has 0 saturated heterocycles. The van der Waals surface area contributed by atoms with Gasteiger partial charge in [-0.15, -0.1) is 0 Å². The van der Waals surface area contributed by atoms with Crippen LogP contribution in [0.3, 0.4) is 0 Å². The predicted molar refractivity (Wildman–Crippen MR) is 41.1 cm³/mol. The van der Waals surface area contributed by atoms with Gasteiger partial charge in [0, 0.05) is 5.92 Å². The quantitative estimate of drug-likeness (QED) is 0.463. The zero-order chi connectivity index (χ0) is 7.40. The molecule has 0 aromatic rings. The first-order valence-electron chi connectivity index (χ1n) is 3.48. The average Bonchev–Trinajstić information content (AvgIpc) is 1.88. The monoisotopic (exact) mass is 139 g/mol. The van der Waals surface area contributed by atoms with Gasteiger partial charge in [0.2, 0.25) is 0 Å². The van der Waals surface area contributed by atoms with Gasteiger partial charge >= 0.3 is 0 Å². The van der Waals surface area contributed by atoms with Crippen molar-refractivity contribution in [3.8, 4) is 0 Å². The first-order chi connectivity index (χ1) is 4.83. The minimum atomic E-state index is 0.388.